The number of anilines is 1. The summed E-state index contributed by atoms with van der Waals surface area (Å²) in [5.41, 5.74) is 1.91. The molecule has 1 aromatic carbocycles. The van der Waals surface area contributed by atoms with Crippen molar-refractivity contribution in [1.82, 2.24) is 10.6 Å². The van der Waals surface area contributed by atoms with Crippen molar-refractivity contribution in [3.63, 3.8) is 0 Å². The van der Waals surface area contributed by atoms with Gasteiger partial charge in [-0.1, -0.05) is 12.1 Å². The highest BCUT2D eigenvalue weighted by molar-refractivity contribution is 7.80. The summed E-state index contributed by atoms with van der Waals surface area (Å²) in [7, 11) is 1.71. The maximum absolute atomic E-state index is 11.9. The normalized spacial score (nSPS) is 16.9. The Morgan fingerprint density at radius 2 is 2.25 bits per heavy atom. The number of fused-ring (bicyclic) bond motifs is 1. The van der Waals surface area contributed by atoms with Gasteiger partial charge in [0.25, 0.3) is 5.91 Å². The molecule has 1 aliphatic heterocycles. The van der Waals surface area contributed by atoms with Gasteiger partial charge in [0.1, 0.15) is 0 Å². The molecule has 0 aromatic heterocycles. The van der Waals surface area contributed by atoms with Gasteiger partial charge in [0.2, 0.25) is 5.91 Å². The lowest BCUT2D eigenvalue weighted by molar-refractivity contribution is -0.121. The quantitative estimate of drug-likeness (QED) is 0.447. The van der Waals surface area contributed by atoms with E-state index in [0.29, 0.717) is 22.8 Å². The number of benzene rings is 1. The van der Waals surface area contributed by atoms with Gasteiger partial charge in [0.15, 0.2) is 5.11 Å². The summed E-state index contributed by atoms with van der Waals surface area (Å²) in [6, 6.07) is 5.27. The van der Waals surface area contributed by atoms with Crippen molar-refractivity contribution in [2.45, 2.75) is 12.3 Å². The first kappa shape index (κ1) is 14.2. The Morgan fingerprint density at radius 1 is 1.50 bits per heavy atom. The molecule has 20 heavy (non-hydrogen) atoms. The van der Waals surface area contributed by atoms with Crippen molar-refractivity contribution < 1.29 is 9.59 Å². The highest BCUT2D eigenvalue weighted by atomic mass is 32.1. The molecule has 1 aliphatic rings. The van der Waals surface area contributed by atoms with Gasteiger partial charge in [-0.15, -0.1) is 6.58 Å². The van der Waals surface area contributed by atoms with Crippen LogP contribution in [0.3, 0.4) is 0 Å². The van der Waals surface area contributed by atoms with Crippen LogP contribution in [0, 0.1) is 0 Å². The number of carbonyl (C=O) groups excluding carboxylic acids is 2. The molecule has 0 bridgehead atoms. The van der Waals surface area contributed by atoms with E-state index in [-0.39, 0.29) is 17.7 Å². The molecule has 0 radical (unpaired) electrons. The van der Waals surface area contributed by atoms with Crippen LogP contribution in [-0.2, 0) is 4.79 Å². The largest absolute Gasteiger partial charge is 0.366 e. The zero-order chi connectivity index (χ0) is 14.7. The lowest BCUT2D eigenvalue weighted by Gasteiger charge is -2.24. The molecule has 1 heterocycles. The second-order valence-electron chi connectivity index (χ2n) is 4.40. The lowest BCUT2D eigenvalue weighted by Crippen LogP contribution is -2.40. The van der Waals surface area contributed by atoms with E-state index in [4.69, 9.17) is 12.2 Å². The van der Waals surface area contributed by atoms with Crippen LogP contribution < -0.4 is 16.0 Å². The van der Waals surface area contributed by atoms with Gasteiger partial charge in [-0.2, -0.15) is 0 Å². The van der Waals surface area contributed by atoms with Crippen LogP contribution >= 0.6 is 12.2 Å². The zero-order valence-electron chi connectivity index (χ0n) is 11.0. The van der Waals surface area contributed by atoms with Crippen molar-refractivity contribution in [3.05, 3.63) is 42.0 Å². The molecular weight excluding hydrogens is 274 g/mol. The van der Waals surface area contributed by atoms with E-state index in [1.54, 1.807) is 31.3 Å². The summed E-state index contributed by atoms with van der Waals surface area (Å²) in [4.78, 5) is 23.8. The number of allylic oxidation sites excluding steroid dienone is 1. The monoisotopic (exact) mass is 289 g/mol. The Kier molecular flexibility index (Phi) is 4.14. The zero-order valence-corrected chi connectivity index (χ0v) is 11.8. The summed E-state index contributed by atoms with van der Waals surface area (Å²) >= 11 is 5.01. The van der Waals surface area contributed by atoms with Gasteiger partial charge >= 0.3 is 0 Å². The molecule has 0 saturated carbocycles. The number of nitrogens with one attached hydrogen (secondary N) is 3. The molecule has 0 fully saturated rings. The van der Waals surface area contributed by atoms with E-state index in [9.17, 15) is 9.59 Å². The fourth-order valence-electron chi connectivity index (χ4n) is 2.14. The van der Waals surface area contributed by atoms with Crippen LogP contribution in [-0.4, -0.2) is 24.0 Å². The van der Waals surface area contributed by atoms with Crippen LogP contribution in [0.15, 0.2) is 30.9 Å². The minimum Gasteiger partial charge on any atom is -0.366 e. The Balaban J connectivity index is 2.39. The molecule has 0 saturated heterocycles. The van der Waals surface area contributed by atoms with Crippen molar-refractivity contribution >= 4 is 34.8 Å². The Labute approximate surface area is 122 Å². The smallest absolute Gasteiger partial charge is 0.258 e. The Morgan fingerprint density at radius 3 is 2.90 bits per heavy atom. The lowest BCUT2D eigenvalue weighted by atomic mass is 9.87. The van der Waals surface area contributed by atoms with Crippen LogP contribution in [0.2, 0.25) is 0 Å². The molecular formula is C14H15N3O2S. The Hall–Kier alpha value is -2.21. The maximum Gasteiger partial charge on any atom is 0.258 e. The van der Waals surface area contributed by atoms with Gasteiger partial charge in [-0.05, 0) is 36.3 Å². The van der Waals surface area contributed by atoms with E-state index >= 15 is 0 Å². The summed E-state index contributed by atoms with van der Waals surface area (Å²) in [6.45, 7) is 3.65. The third-order valence-corrected chi connectivity index (χ3v) is 3.42. The van der Waals surface area contributed by atoms with E-state index in [1.807, 2.05) is 0 Å². The fraction of sp³-hybridized carbons (Fsp3) is 0.214. The second kappa shape index (κ2) is 5.83. The molecule has 1 aromatic rings. The first-order valence-electron chi connectivity index (χ1n) is 6.15. The van der Waals surface area contributed by atoms with Crippen LogP contribution in [0.5, 0.6) is 0 Å². The number of hydrogen-bond acceptors (Lipinski definition) is 3. The van der Waals surface area contributed by atoms with Crippen molar-refractivity contribution in [1.29, 1.82) is 0 Å². The number of hydrogen-bond donors (Lipinski definition) is 3. The highest BCUT2D eigenvalue weighted by Gasteiger charge is 2.31. The summed E-state index contributed by atoms with van der Waals surface area (Å²) < 4.78 is 0. The average molecular weight is 289 g/mol. The number of amides is 2. The predicted octanol–water partition coefficient (Wildman–Crippen LogP) is 1.53. The molecule has 104 valence electrons. The fourth-order valence-corrected chi connectivity index (χ4v) is 2.25. The van der Waals surface area contributed by atoms with Crippen LogP contribution in [0.25, 0.3) is 0 Å². The third kappa shape index (κ3) is 2.70. The number of imide groups is 1. The standard InChI is InChI=1S/C14H15N3O2S/c1-3-4-10-9-6-5-8(16-14(20)15-2)7-11(9)13(19)17-12(10)18/h3,5-7,10H,1,4H2,2H3,(H2,15,16,20)(H,17,18,19). The van der Waals surface area contributed by atoms with Crippen molar-refractivity contribution in [2.24, 2.45) is 0 Å². The molecule has 3 N–H and O–H groups in total. The summed E-state index contributed by atoms with van der Waals surface area (Å²) in [5.74, 6) is -1.04. The number of thiocarbonyl (C=S) groups is 1. The third-order valence-electron chi connectivity index (χ3n) is 3.11. The van der Waals surface area contributed by atoms with Crippen molar-refractivity contribution in [2.75, 3.05) is 12.4 Å². The molecule has 5 nitrogen and oxygen atoms in total. The molecule has 1 atom stereocenters. The van der Waals surface area contributed by atoms with Gasteiger partial charge in [0, 0.05) is 18.3 Å². The minimum absolute atomic E-state index is 0.283. The first-order valence-corrected chi connectivity index (χ1v) is 6.56. The van der Waals surface area contributed by atoms with E-state index < -0.39 is 0 Å². The highest BCUT2D eigenvalue weighted by Crippen LogP contribution is 2.29. The predicted molar refractivity (Wildman–Crippen MR) is 81.8 cm³/mol. The van der Waals surface area contributed by atoms with Crippen molar-refractivity contribution in [3.8, 4) is 0 Å². The second-order valence-corrected chi connectivity index (χ2v) is 4.81. The minimum atomic E-state index is -0.385. The van der Waals surface area contributed by atoms with E-state index in [2.05, 4.69) is 22.5 Å². The summed E-state index contributed by atoms with van der Waals surface area (Å²) in [5, 5.41) is 8.57. The maximum atomic E-state index is 11.9. The SMILES string of the molecule is C=CCC1C(=O)NC(=O)c2cc(NC(=S)NC)ccc21. The number of rotatable bonds is 3. The molecule has 6 heteroatoms. The molecule has 1 unspecified atom stereocenters. The van der Waals surface area contributed by atoms with Crippen LogP contribution in [0.4, 0.5) is 5.69 Å². The molecule has 0 spiro atoms. The Bertz CT molecular complexity index is 598. The van der Waals surface area contributed by atoms with Crippen LogP contribution in [0.1, 0.15) is 28.3 Å². The van der Waals surface area contributed by atoms with Gasteiger partial charge < -0.3 is 10.6 Å². The summed E-state index contributed by atoms with van der Waals surface area (Å²) in [6.07, 6.45) is 2.17. The van der Waals surface area contributed by atoms with Gasteiger partial charge in [0.05, 0.1) is 5.92 Å². The average Bonchev–Trinajstić information content (AvgIpc) is 2.43. The van der Waals surface area contributed by atoms with Gasteiger partial charge in [-0.25, -0.2) is 0 Å². The molecule has 2 amide bonds. The topological polar surface area (TPSA) is 70.2 Å². The van der Waals surface area contributed by atoms with Gasteiger partial charge in [-0.3, -0.25) is 14.9 Å². The first-order chi connectivity index (χ1) is 9.56. The van der Waals surface area contributed by atoms with E-state index in [1.165, 1.54) is 0 Å². The van der Waals surface area contributed by atoms with E-state index in [0.717, 1.165) is 5.56 Å². The molecule has 2 rings (SSSR count). The molecule has 0 aliphatic carbocycles. The number of carbonyl (C=O) groups is 2.